The minimum absolute atomic E-state index is 0.0229. The van der Waals surface area contributed by atoms with Crippen molar-refractivity contribution in [2.45, 2.75) is 39.7 Å². The van der Waals surface area contributed by atoms with E-state index in [1.165, 1.54) is 6.92 Å². The molecule has 0 radical (unpaired) electrons. The number of amides is 2. The molecule has 104 valence electrons. The number of nitrogens with one attached hydrogen (secondary N) is 1. The Labute approximate surface area is 109 Å². The second-order valence-corrected chi connectivity index (χ2v) is 5.36. The first-order valence-corrected chi connectivity index (χ1v) is 6.63. The van der Waals surface area contributed by atoms with Crippen molar-refractivity contribution in [1.82, 2.24) is 10.2 Å². The van der Waals surface area contributed by atoms with Gasteiger partial charge in [0.15, 0.2) is 0 Å². The smallest absolute Gasteiger partial charge is 0.224 e. The molecule has 0 bridgehead atoms. The zero-order valence-electron chi connectivity index (χ0n) is 11.5. The van der Waals surface area contributed by atoms with Crippen molar-refractivity contribution in [3.05, 3.63) is 0 Å². The van der Waals surface area contributed by atoms with Crippen LogP contribution in [0.5, 0.6) is 0 Å². The molecule has 1 fully saturated rings. The number of piperidine rings is 1. The van der Waals surface area contributed by atoms with Crippen molar-refractivity contribution in [1.29, 1.82) is 0 Å². The summed E-state index contributed by atoms with van der Waals surface area (Å²) in [6, 6.07) is 0. The van der Waals surface area contributed by atoms with E-state index in [2.05, 4.69) is 5.32 Å². The number of nitrogens with zero attached hydrogens (tertiary/aromatic N) is 1. The van der Waals surface area contributed by atoms with Gasteiger partial charge in [-0.2, -0.15) is 0 Å². The van der Waals surface area contributed by atoms with Crippen molar-refractivity contribution >= 4 is 11.8 Å². The maximum absolute atomic E-state index is 11.9. The lowest BCUT2D eigenvalue weighted by Gasteiger charge is -2.31. The molecule has 2 N–H and O–H groups in total. The van der Waals surface area contributed by atoms with Crippen LogP contribution in [0.3, 0.4) is 0 Å². The molecule has 5 heteroatoms. The van der Waals surface area contributed by atoms with Crippen LogP contribution < -0.4 is 5.32 Å². The van der Waals surface area contributed by atoms with Crippen LogP contribution in [0.25, 0.3) is 0 Å². The number of aliphatic hydroxyl groups is 1. The SMILES string of the molecule is CC(=O)N1CCCC(C(=O)NCC(O)C(C)C)C1. The molecule has 0 aliphatic carbocycles. The predicted molar refractivity (Wildman–Crippen MR) is 68.8 cm³/mol. The molecule has 0 aromatic carbocycles. The lowest BCUT2D eigenvalue weighted by molar-refractivity contribution is -0.134. The Morgan fingerprint density at radius 1 is 1.44 bits per heavy atom. The van der Waals surface area contributed by atoms with Crippen LogP contribution in [0.15, 0.2) is 0 Å². The molecule has 0 aromatic rings. The van der Waals surface area contributed by atoms with Gasteiger partial charge in [-0.05, 0) is 18.8 Å². The van der Waals surface area contributed by atoms with Gasteiger partial charge in [-0.25, -0.2) is 0 Å². The summed E-state index contributed by atoms with van der Waals surface area (Å²) in [5.74, 6) is -0.0391. The highest BCUT2D eigenvalue weighted by Crippen LogP contribution is 2.16. The second kappa shape index (κ2) is 6.73. The molecule has 18 heavy (non-hydrogen) atoms. The fourth-order valence-electron chi connectivity index (χ4n) is 2.06. The largest absolute Gasteiger partial charge is 0.391 e. The highest BCUT2D eigenvalue weighted by Gasteiger charge is 2.27. The van der Waals surface area contributed by atoms with Gasteiger partial charge < -0.3 is 15.3 Å². The maximum atomic E-state index is 11.9. The molecule has 1 rings (SSSR count). The number of aliphatic hydroxyl groups excluding tert-OH is 1. The van der Waals surface area contributed by atoms with Crippen LogP contribution in [0.4, 0.5) is 0 Å². The molecule has 2 atom stereocenters. The van der Waals surface area contributed by atoms with Gasteiger partial charge in [-0.3, -0.25) is 9.59 Å². The van der Waals surface area contributed by atoms with E-state index in [0.29, 0.717) is 6.54 Å². The lowest BCUT2D eigenvalue weighted by atomic mass is 9.97. The number of carbonyl (C=O) groups excluding carboxylic acids is 2. The molecule has 5 nitrogen and oxygen atoms in total. The molecule has 2 unspecified atom stereocenters. The molecular formula is C13H24N2O3. The fourth-order valence-corrected chi connectivity index (χ4v) is 2.06. The Morgan fingerprint density at radius 3 is 2.67 bits per heavy atom. The number of rotatable bonds is 4. The van der Waals surface area contributed by atoms with E-state index >= 15 is 0 Å². The average Bonchev–Trinajstić information content (AvgIpc) is 2.35. The summed E-state index contributed by atoms with van der Waals surface area (Å²) in [5.41, 5.74) is 0. The molecular weight excluding hydrogens is 232 g/mol. The average molecular weight is 256 g/mol. The van der Waals surface area contributed by atoms with Gasteiger partial charge in [-0.1, -0.05) is 13.8 Å². The van der Waals surface area contributed by atoms with Crippen LogP contribution in [0, 0.1) is 11.8 Å². The third-order valence-electron chi connectivity index (χ3n) is 3.49. The Bertz CT molecular complexity index is 305. The second-order valence-electron chi connectivity index (χ2n) is 5.36. The quantitative estimate of drug-likeness (QED) is 0.764. The maximum Gasteiger partial charge on any atom is 0.224 e. The molecule has 0 spiro atoms. The summed E-state index contributed by atoms with van der Waals surface area (Å²) in [7, 11) is 0. The minimum Gasteiger partial charge on any atom is -0.391 e. The van der Waals surface area contributed by atoms with Crippen LogP contribution in [-0.4, -0.2) is 47.6 Å². The molecule has 1 aliphatic rings. The fraction of sp³-hybridized carbons (Fsp3) is 0.846. The van der Waals surface area contributed by atoms with Crippen LogP contribution in [-0.2, 0) is 9.59 Å². The number of hydrogen-bond donors (Lipinski definition) is 2. The predicted octanol–water partition coefficient (Wildman–Crippen LogP) is 0.378. The van der Waals surface area contributed by atoms with E-state index in [-0.39, 0.29) is 30.2 Å². The van der Waals surface area contributed by atoms with Gasteiger partial charge in [0.05, 0.1) is 12.0 Å². The summed E-state index contributed by atoms with van der Waals surface area (Å²) < 4.78 is 0. The van der Waals surface area contributed by atoms with E-state index in [1.807, 2.05) is 13.8 Å². The van der Waals surface area contributed by atoms with Crippen molar-refractivity contribution in [2.75, 3.05) is 19.6 Å². The van der Waals surface area contributed by atoms with Crippen LogP contribution >= 0.6 is 0 Å². The van der Waals surface area contributed by atoms with Gasteiger partial charge in [0.2, 0.25) is 11.8 Å². The lowest BCUT2D eigenvalue weighted by Crippen LogP contribution is -2.46. The number of likely N-dealkylation sites (tertiary alicyclic amines) is 1. The monoisotopic (exact) mass is 256 g/mol. The Balaban J connectivity index is 2.39. The minimum atomic E-state index is -0.513. The summed E-state index contributed by atoms with van der Waals surface area (Å²) >= 11 is 0. The zero-order chi connectivity index (χ0) is 13.7. The Kier molecular flexibility index (Phi) is 5.59. The highest BCUT2D eigenvalue weighted by atomic mass is 16.3. The van der Waals surface area contributed by atoms with Gasteiger partial charge in [0.25, 0.3) is 0 Å². The molecule has 1 heterocycles. The summed E-state index contributed by atoms with van der Waals surface area (Å²) in [6.07, 6.45) is 1.17. The summed E-state index contributed by atoms with van der Waals surface area (Å²) in [5, 5.41) is 12.4. The van der Waals surface area contributed by atoms with Crippen molar-refractivity contribution in [3.8, 4) is 0 Å². The standard InChI is InChI=1S/C13H24N2O3/c1-9(2)12(17)7-14-13(18)11-5-4-6-15(8-11)10(3)16/h9,11-12,17H,4-8H2,1-3H3,(H,14,18). The van der Waals surface area contributed by atoms with Crippen molar-refractivity contribution in [2.24, 2.45) is 11.8 Å². The molecule has 0 aromatic heterocycles. The number of hydrogen-bond acceptors (Lipinski definition) is 3. The van der Waals surface area contributed by atoms with Crippen molar-refractivity contribution in [3.63, 3.8) is 0 Å². The van der Waals surface area contributed by atoms with Crippen LogP contribution in [0.2, 0.25) is 0 Å². The van der Waals surface area contributed by atoms with E-state index < -0.39 is 6.10 Å². The van der Waals surface area contributed by atoms with Gasteiger partial charge >= 0.3 is 0 Å². The van der Waals surface area contributed by atoms with Crippen LogP contribution in [0.1, 0.15) is 33.6 Å². The van der Waals surface area contributed by atoms with E-state index in [9.17, 15) is 14.7 Å². The first-order chi connectivity index (χ1) is 8.41. The first kappa shape index (κ1) is 15.0. The zero-order valence-corrected chi connectivity index (χ0v) is 11.5. The van der Waals surface area contributed by atoms with Gasteiger partial charge in [-0.15, -0.1) is 0 Å². The third kappa shape index (κ3) is 4.29. The van der Waals surface area contributed by atoms with E-state index in [4.69, 9.17) is 0 Å². The van der Waals surface area contributed by atoms with Crippen molar-refractivity contribution < 1.29 is 14.7 Å². The normalized spacial score (nSPS) is 21.8. The molecule has 2 amide bonds. The van der Waals surface area contributed by atoms with E-state index in [0.717, 1.165) is 19.4 Å². The van der Waals surface area contributed by atoms with E-state index in [1.54, 1.807) is 4.90 Å². The Hall–Kier alpha value is -1.10. The number of carbonyl (C=O) groups is 2. The summed E-state index contributed by atoms with van der Waals surface area (Å²) in [6.45, 7) is 6.88. The van der Waals surface area contributed by atoms with Gasteiger partial charge in [0.1, 0.15) is 0 Å². The first-order valence-electron chi connectivity index (χ1n) is 6.63. The molecule has 0 saturated carbocycles. The Morgan fingerprint density at radius 2 is 2.11 bits per heavy atom. The summed E-state index contributed by atoms with van der Waals surface area (Å²) in [4.78, 5) is 24.9. The third-order valence-corrected chi connectivity index (χ3v) is 3.49. The van der Waals surface area contributed by atoms with Gasteiger partial charge in [0, 0.05) is 26.6 Å². The molecule has 1 aliphatic heterocycles. The molecule has 1 saturated heterocycles. The highest BCUT2D eigenvalue weighted by molar-refractivity contribution is 5.80. The topological polar surface area (TPSA) is 69.6 Å².